The fourth-order valence-electron chi connectivity index (χ4n) is 0.250. The largest absolute Gasteiger partial charge is 0.320 e. The zero-order valence-corrected chi connectivity index (χ0v) is 6.36. The van der Waals surface area contributed by atoms with Crippen LogP contribution in [-0.4, -0.2) is 13.6 Å². The van der Waals surface area contributed by atoms with Crippen molar-refractivity contribution in [3.63, 3.8) is 0 Å². The number of halogens is 2. The van der Waals surface area contributed by atoms with Gasteiger partial charge in [-0.3, -0.25) is 0 Å². The van der Waals surface area contributed by atoms with Crippen LogP contribution in [0.1, 0.15) is 13.3 Å². The second-order valence-electron chi connectivity index (χ2n) is 1.10. The van der Waals surface area contributed by atoms with E-state index in [0.29, 0.717) is 0 Å². The lowest BCUT2D eigenvalue weighted by Gasteiger charge is -1.84. The molecule has 0 aliphatic carbocycles. The van der Waals surface area contributed by atoms with Gasteiger partial charge in [-0.2, -0.15) is 0 Å². The zero-order valence-electron chi connectivity index (χ0n) is 4.73. The number of nitrogens with one attached hydrogen (secondary N) is 1. The molecule has 0 aliphatic heterocycles. The van der Waals surface area contributed by atoms with Gasteiger partial charge in [-0.15, -0.1) is 24.8 Å². The maximum atomic E-state index is 3.02. The van der Waals surface area contributed by atoms with Crippen LogP contribution in [0, 0.1) is 0 Å². The molecule has 0 unspecified atom stereocenters. The summed E-state index contributed by atoms with van der Waals surface area (Å²) in [5.41, 5.74) is 0. The quantitative estimate of drug-likeness (QED) is 0.621. The standard InChI is InChI=1S/C4H11N.2ClH/c1-3-4-5-2;;/h5H,3-4H2,1-2H3;2*1H. The van der Waals surface area contributed by atoms with Crippen molar-refractivity contribution in [2.24, 2.45) is 0 Å². The Balaban J connectivity index is -0.0000000800. The molecule has 0 aromatic rings. The van der Waals surface area contributed by atoms with Crippen molar-refractivity contribution in [3.05, 3.63) is 0 Å². The molecule has 0 aromatic heterocycles. The molecule has 0 spiro atoms. The molecule has 0 bridgehead atoms. The Hall–Kier alpha value is 0.540. The topological polar surface area (TPSA) is 12.0 Å². The van der Waals surface area contributed by atoms with Crippen LogP contribution in [0.3, 0.4) is 0 Å². The molecule has 0 aliphatic rings. The highest BCUT2D eigenvalue weighted by Gasteiger charge is 1.64. The van der Waals surface area contributed by atoms with Gasteiger partial charge in [0.15, 0.2) is 0 Å². The van der Waals surface area contributed by atoms with Crippen molar-refractivity contribution < 1.29 is 0 Å². The van der Waals surface area contributed by atoms with Gasteiger partial charge in [-0.1, -0.05) is 6.92 Å². The molecular weight excluding hydrogens is 133 g/mol. The van der Waals surface area contributed by atoms with Crippen molar-refractivity contribution >= 4 is 24.8 Å². The first-order valence-corrected chi connectivity index (χ1v) is 2.06. The molecule has 48 valence electrons. The smallest absolute Gasteiger partial charge is 0.00546 e. The Bertz CT molecular complexity index is 17.2. The Morgan fingerprint density at radius 2 is 1.71 bits per heavy atom. The molecular formula is C4H13Cl2N. The minimum absolute atomic E-state index is 0. The molecule has 7 heavy (non-hydrogen) atoms. The highest BCUT2D eigenvalue weighted by Crippen LogP contribution is 1.62. The van der Waals surface area contributed by atoms with Crippen LogP contribution in [0.4, 0.5) is 0 Å². The van der Waals surface area contributed by atoms with Gasteiger partial charge in [0.1, 0.15) is 0 Å². The molecule has 0 radical (unpaired) electrons. The molecule has 0 atom stereocenters. The second kappa shape index (κ2) is 16.0. The van der Waals surface area contributed by atoms with Gasteiger partial charge in [0, 0.05) is 0 Å². The fourth-order valence-corrected chi connectivity index (χ4v) is 0.250. The maximum Gasteiger partial charge on any atom is -0.00546 e. The average molecular weight is 146 g/mol. The van der Waals surface area contributed by atoms with E-state index in [1.807, 2.05) is 7.05 Å². The summed E-state index contributed by atoms with van der Waals surface area (Å²) in [5.74, 6) is 0. The number of hydrogen-bond acceptors (Lipinski definition) is 1. The van der Waals surface area contributed by atoms with Gasteiger partial charge in [-0.05, 0) is 20.0 Å². The van der Waals surface area contributed by atoms with Crippen LogP contribution in [0.2, 0.25) is 0 Å². The van der Waals surface area contributed by atoms with E-state index in [-0.39, 0.29) is 24.8 Å². The highest BCUT2D eigenvalue weighted by atomic mass is 35.5. The van der Waals surface area contributed by atoms with Gasteiger partial charge in [0.05, 0.1) is 0 Å². The minimum Gasteiger partial charge on any atom is -0.320 e. The molecule has 3 heteroatoms. The van der Waals surface area contributed by atoms with E-state index in [1.165, 1.54) is 6.42 Å². The van der Waals surface area contributed by atoms with E-state index in [2.05, 4.69) is 12.2 Å². The summed E-state index contributed by atoms with van der Waals surface area (Å²) >= 11 is 0. The van der Waals surface area contributed by atoms with E-state index < -0.39 is 0 Å². The van der Waals surface area contributed by atoms with E-state index >= 15 is 0 Å². The Labute approximate surface area is 57.7 Å². The first kappa shape index (κ1) is 15.6. The van der Waals surface area contributed by atoms with Gasteiger partial charge in [-0.25, -0.2) is 0 Å². The number of rotatable bonds is 2. The van der Waals surface area contributed by atoms with Crippen molar-refractivity contribution in [1.82, 2.24) is 5.32 Å². The predicted molar refractivity (Wildman–Crippen MR) is 38.7 cm³/mol. The van der Waals surface area contributed by atoms with Crippen LogP contribution in [-0.2, 0) is 0 Å². The Morgan fingerprint density at radius 1 is 1.29 bits per heavy atom. The molecule has 0 rings (SSSR count). The van der Waals surface area contributed by atoms with Crippen LogP contribution in [0.5, 0.6) is 0 Å². The van der Waals surface area contributed by atoms with Crippen LogP contribution < -0.4 is 5.32 Å². The van der Waals surface area contributed by atoms with Crippen molar-refractivity contribution in [1.29, 1.82) is 0 Å². The summed E-state index contributed by atoms with van der Waals surface area (Å²) in [6.45, 7) is 3.29. The molecule has 0 amide bonds. The van der Waals surface area contributed by atoms with E-state index in [1.54, 1.807) is 0 Å². The van der Waals surface area contributed by atoms with Gasteiger partial charge in [0.2, 0.25) is 0 Å². The Kier molecular flexibility index (Phi) is 35.8. The monoisotopic (exact) mass is 145 g/mol. The third-order valence-corrected chi connectivity index (χ3v) is 0.500. The number of hydrogen-bond donors (Lipinski definition) is 1. The summed E-state index contributed by atoms with van der Waals surface area (Å²) in [6.07, 6.45) is 1.23. The summed E-state index contributed by atoms with van der Waals surface area (Å²) in [7, 11) is 1.96. The molecule has 1 nitrogen and oxygen atoms in total. The van der Waals surface area contributed by atoms with Crippen molar-refractivity contribution in [3.8, 4) is 0 Å². The van der Waals surface area contributed by atoms with E-state index in [4.69, 9.17) is 0 Å². The first-order chi connectivity index (χ1) is 2.41. The SMILES string of the molecule is CCCNC.Cl.Cl. The summed E-state index contributed by atoms with van der Waals surface area (Å²) < 4.78 is 0. The minimum atomic E-state index is 0. The fraction of sp³-hybridized carbons (Fsp3) is 1.00. The molecule has 0 saturated carbocycles. The molecule has 1 N–H and O–H groups in total. The zero-order chi connectivity index (χ0) is 4.12. The first-order valence-electron chi connectivity index (χ1n) is 2.06. The van der Waals surface area contributed by atoms with Gasteiger partial charge < -0.3 is 5.32 Å². The lowest BCUT2D eigenvalue weighted by atomic mass is 10.5. The second-order valence-corrected chi connectivity index (χ2v) is 1.10. The summed E-state index contributed by atoms with van der Waals surface area (Å²) in [4.78, 5) is 0. The lowest BCUT2D eigenvalue weighted by Crippen LogP contribution is -2.04. The van der Waals surface area contributed by atoms with Crippen LogP contribution in [0.25, 0.3) is 0 Å². The lowest BCUT2D eigenvalue weighted by molar-refractivity contribution is 0.772. The van der Waals surface area contributed by atoms with Crippen molar-refractivity contribution in [2.75, 3.05) is 13.6 Å². The predicted octanol–water partition coefficient (Wildman–Crippen LogP) is 1.46. The normalized spacial score (nSPS) is 6.00. The molecule has 0 saturated heterocycles. The average Bonchev–Trinajstić information content (AvgIpc) is 1.41. The highest BCUT2D eigenvalue weighted by molar-refractivity contribution is 5.85. The maximum absolute atomic E-state index is 3.02. The molecule has 0 aromatic carbocycles. The Morgan fingerprint density at radius 3 is 1.71 bits per heavy atom. The van der Waals surface area contributed by atoms with Crippen molar-refractivity contribution in [2.45, 2.75) is 13.3 Å². The van der Waals surface area contributed by atoms with Crippen LogP contribution in [0.15, 0.2) is 0 Å². The van der Waals surface area contributed by atoms with Crippen LogP contribution >= 0.6 is 24.8 Å². The van der Waals surface area contributed by atoms with E-state index in [0.717, 1.165) is 6.54 Å². The molecule has 0 fully saturated rings. The third kappa shape index (κ3) is 20.9. The summed E-state index contributed by atoms with van der Waals surface area (Å²) in [5, 5.41) is 3.02. The van der Waals surface area contributed by atoms with Gasteiger partial charge >= 0.3 is 0 Å². The van der Waals surface area contributed by atoms with E-state index in [9.17, 15) is 0 Å². The summed E-state index contributed by atoms with van der Waals surface area (Å²) in [6, 6.07) is 0. The third-order valence-electron chi connectivity index (χ3n) is 0.500. The van der Waals surface area contributed by atoms with Gasteiger partial charge in [0.25, 0.3) is 0 Å². The molecule has 0 heterocycles.